The Morgan fingerprint density at radius 3 is 2.65 bits per heavy atom. The molecule has 0 aliphatic carbocycles. The fourth-order valence-electron chi connectivity index (χ4n) is 3.26. The van der Waals surface area contributed by atoms with Crippen LogP contribution in [0.4, 0.5) is 15.0 Å². The van der Waals surface area contributed by atoms with Crippen LogP contribution in [-0.2, 0) is 9.47 Å². The van der Waals surface area contributed by atoms with Gasteiger partial charge in [-0.25, -0.2) is 19.0 Å². The van der Waals surface area contributed by atoms with E-state index in [1.54, 1.807) is 33.0 Å². The Morgan fingerprint density at radius 1 is 1.23 bits per heavy atom. The molecule has 3 rings (SSSR count). The lowest BCUT2D eigenvalue weighted by molar-refractivity contribution is 0.0329. The zero-order valence-corrected chi connectivity index (χ0v) is 17.9. The number of carbonyl (C=O) groups is 2. The molecule has 0 radical (unpaired) electrons. The number of amides is 1. The summed E-state index contributed by atoms with van der Waals surface area (Å²) < 4.78 is 24.7. The topological polar surface area (TPSA) is 108 Å². The molecule has 2 heterocycles. The fourth-order valence-corrected chi connectivity index (χ4v) is 3.26. The van der Waals surface area contributed by atoms with Gasteiger partial charge in [-0.2, -0.15) is 0 Å². The molecular formula is C22H25FN4O4. The molecule has 8 nitrogen and oxygen atoms in total. The van der Waals surface area contributed by atoms with Gasteiger partial charge in [0.15, 0.2) is 0 Å². The lowest BCUT2D eigenvalue weighted by Crippen LogP contribution is -2.35. The number of hydrogen-bond donors (Lipinski definition) is 1. The molecule has 1 aromatic carbocycles. The van der Waals surface area contributed by atoms with Gasteiger partial charge in [0.05, 0.1) is 24.7 Å². The van der Waals surface area contributed by atoms with E-state index in [-0.39, 0.29) is 22.6 Å². The van der Waals surface area contributed by atoms with Crippen molar-refractivity contribution < 1.29 is 23.5 Å². The van der Waals surface area contributed by atoms with Crippen molar-refractivity contribution in [3.63, 3.8) is 0 Å². The first kappa shape index (κ1) is 22.2. The normalized spacial score (nSPS) is 14.1. The summed E-state index contributed by atoms with van der Waals surface area (Å²) in [5.74, 6) is -1.47. The standard InChI is InChI=1S/C22H25FN4O4/c1-22(2,3)31-21(29)27-10-6-7-13(12-27)18-19(26-16(24)11-25-18)14-8-5-9-15(23)17(14)20(28)30-4/h5,8-9,11-12H,6-7,10H2,1-4H3,(H2,24,26). The summed E-state index contributed by atoms with van der Waals surface area (Å²) in [5.41, 5.74) is 6.49. The van der Waals surface area contributed by atoms with Crippen LogP contribution in [0, 0.1) is 5.82 Å². The van der Waals surface area contributed by atoms with Crippen LogP contribution in [0.25, 0.3) is 16.8 Å². The lowest BCUT2D eigenvalue weighted by atomic mass is 9.96. The molecule has 0 unspecified atom stereocenters. The van der Waals surface area contributed by atoms with Gasteiger partial charge in [-0.05, 0) is 45.3 Å². The summed E-state index contributed by atoms with van der Waals surface area (Å²) in [6.45, 7) is 5.87. The highest BCUT2D eigenvalue weighted by Gasteiger charge is 2.27. The number of ether oxygens (including phenoxy) is 2. The monoisotopic (exact) mass is 428 g/mol. The third-order valence-corrected chi connectivity index (χ3v) is 4.54. The maximum absolute atomic E-state index is 14.5. The molecule has 1 aliphatic rings. The molecule has 1 aromatic heterocycles. The maximum atomic E-state index is 14.5. The van der Waals surface area contributed by atoms with Gasteiger partial charge >= 0.3 is 12.1 Å². The summed E-state index contributed by atoms with van der Waals surface area (Å²) >= 11 is 0. The highest BCUT2D eigenvalue weighted by molar-refractivity contribution is 5.98. The van der Waals surface area contributed by atoms with Crippen molar-refractivity contribution in [2.24, 2.45) is 0 Å². The van der Waals surface area contributed by atoms with E-state index in [0.29, 0.717) is 30.7 Å². The first-order valence-corrected chi connectivity index (χ1v) is 9.81. The van der Waals surface area contributed by atoms with Crippen molar-refractivity contribution in [2.75, 3.05) is 19.4 Å². The summed E-state index contributed by atoms with van der Waals surface area (Å²) in [6.07, 6.45) is 3.83. The maximum Gasteiger partial charge on any atom is 0.414 e. The van der Waals surface area contributed by atoms with Crippen LogP contribution in [0.3, 0.4) is 0 Å². The molecule has 31 heavy (non-hydrogen) atoms. The van der Waals surface area contributed by atoms with Crippen LogP contribution in [0.2, 0.25) is 0 Å². The average molecular weight is 428 g/mol. The third kappa shape index (κ3) is 4.99. The van der Waals surface area contributed by atoms with E-state index in [4.69, 9.17) is 15.2 Å². The van der Waals surface area contributed by atoms with Crippen LogP contribution >= 0.6 is 0 Å². The second-order valence-electron chi connectivity index (χ2n) is 8.08. The SMILES string of the molecule is COC(=O)c1c(F)cccc1-c1nc(N)cnc1C1=CN(C(=O)OC(C)(C)C)CCC1. The number of aromatic nitrogens is 2. The van der Waals surface area contributed by atoms with Gasteiger partial charge in [0.25, 0.3) is 0 Å². The minimum Gasteiger partial charge on any atom is -0.465 e. The Balaban J connectivity index is 2.11. The quantitative estimate of drug-likeness (QED) is 0.736. The van der Waals surface area contributed by atoms with Crippen LogP contribution in [0.1, 0.15) is 49.7 Å². The van der Waals surface area contributed by atoms with Gasteiger partial charge < -0.3 is 15.2 Å². The Bertz CT molecular complexity index is 1050. The zero-order chi connectivity index (χ0) is 22.8. The third-order valence-electron chi connectivity index (χ3n) is 4.54. The van der Waals surface area contributed by atoms with Gasteiger partial charge in [0.1, 0.15) is 22.8 Å². The van der Waals surface area contributed by atoms with E-state index in [2.05, 4.69) is 9.97 Å². The first-order chi connectivity index (χ1) is 14.6. The van der Waals surface area contributed by atoms with Crippen molar-refractivity contribution in [3.05, 3.63) is 47.7 Å². The number of carbonyl (C=O) groups excluding carboxylic acids is 2. The van der Waals surface area contributed by atoms with Gasteiger partial charge in [-0.15, -0.1) is 0 Å². The molecule has 2 N–H and O–H groups in total. The highest BCUT2D eigenvalue weighted by atomic mass is 19.1. The fraction of sp³-hybridized carbons (Fsp3) is 0.364. The summed E-state index contributed by atoms with van der Waals surface area (Å²) in [4.78, 5) is 35.0. The second kappa shape index (κ2) is 8.71. The molecule has 0 fully saturated rings. The molecule has 2 aromatic rings. The highest BCUT2D eigenvalue weighted by Crippen LogP contribution is 2.34. The van der Waals surface area contributed by atoms with Crippen LogP contribution < -0.4 is 5.73 Å². The van der Waals surface area contributed by atoms with E-state index in [1.807, 2.05) is 0 Å². The molecule has 0 spiro atoms. The van der Waals surface area contributed by atoms with E-state index in [1.165, 1.54) is 30.3 Å². The number of benzene rings is 1. The number of anilines is 1. The smallest absolute Gasteiger partial charge is 0.414 e. The summed E-state index contributed by atoms with van der Waals surface area (Å²) in [6, 6.07) is 4.19. The largest absolute Gasteiger partial charge is 0.465 e. The molecule has 1 amide bonds. The molecule has 1 aliphatic heterocycles. The van der Waals surface area contributed by atoms with Crippen molar-refractivity contribution in [1.29, 1.82) is 0 Å². The second-order valence-corrected chi connectivity index (χ2v) is 8.08. The Morgan fingerprint density at radius 2 is 1.97 bits per heavy atom. The molecule has 0 bridgehead atoms. The first-order valence-electron chi connectivity index (χ1n) is 9.81. The van der Waals surface area contributed by atoms with Crippen LogP contribution in [0.15, 0.2) is 30.6 Å². The molecule has 164 valence electrons. The van der Waals surface area contributed by atoms with E-state index >= 15 is 0 Å². The Kier molecular flexibility index (Phi) is 6.24. The average Bonchev–Trinajstić information content (AvgIpc) is 2.72. The minimum absolute atomic E-state index is 0.110. The van der Waals surface area contributed by atoms with Crippen LogP contribution in [-0.4, -0.2) is 46.2 Å². The van der Waals surface area contributed by atoms with Gasteiger partial charge in [0.2, 0.25) is 0 Å². The number of esters is 1. The van der Waals surface area contributed by atoms with Crippen molar-refractivity contribution >= 4 is 23.5 Å². The zero-order valence-electron chi connectivity index (χ0n) is 17.9. The molecular weight excluding hydrogens is 403 g/mol. The predicted molar refractivity (Wildman–Crippen MR) is 113 cm³/mol. The van der Waals surface area contributed by atoms with Crippen molar-refractivity contribution in [2.45, 2.75) is 39.2 Å². The van der Waals surface area contributed by atoms with Gasteiger partial charge in [-0.1, -0.05) is 12.1 Å². The number of methoxy groups -OCH3 is 1. The van der Waals surface area contributed by atoms with Gasteiger partial charge in [-0.3, -0.25) is 9.88 Å². The molecule has 9 heteroatoms. The van der Waals surface area contributed by atoms with Crippen molar-refractivity contribution in [3.8, 4) is 11.3 Å². The number of nitrogens with zero attached hydrogens (tertiary/aromatic N) is 3. The molecule has 0 atom stereocenters. The Labute approximate surface area is 179 Å². The van der Waals surface area contributed by atoms with Crippen LogP contribution in [0.5, 0.6) is 0 Å². The Hall–Kier alpha value is -3.49. The number of nitrogen functional groups attached to an aromatic ring is 1. The van der Waals surface area contributed by atoms with E-state index in [9.17, 15) is 14.0 Å². The number of hydrogen-bond acceptors (Lipinski definition) is 7. The minimum atomic E-state index is -0.837. The predicted octanol–water partition coefficient (Wildman–Crippen LogP) is 4.02. The number of nitrogens with two attached hydrogens (primary N) is 1. The number of rotatable bonds is 3. The van der Waals surface area contributed by atoms with Gasteiger partial charge in [0, 0.05) is 18.3 Å². The molecule has 0 saturated heterocycles. The summed E-state index contributed by atoms with van der Waals surface area (Å²) in [7, 11) is 1.17. The van der Waals surface area contributed by atoms with E-state index < -0.39 is 23.5 Å². The van der Waals surface area contributed by atoms with E-state index in [0.717, 1.165) is 0 Å². The lowest BCUT2D eigenvalue weighted by Gasteiger charge is -2.28. The molecule has 0 saturated carbocycles. The van der Waals surface area contributed by atoms with Crippen molar-refractivity contribution in [1.82, 2.24) is 14.9 Å². The number of halogens is 1. The number of allylic oxidation sites excluding steroid dienone is 1. The summed E-state index contributed by atoms with van der Waals surface area (Å²) in [5, 5.41) is 0.